The Hall–Kier alpha value is -3.74. The molecule has 0 spiro atoms. The number of carbonyl (C=O) groups is 3. The highest BCUT2D eigenvalue weighted by Gasteiger charge is 2.46. The van der Waals surface area contributed by atoms with Crippen molar-refractivity contribution in [2.75, 3.05) is 0 Å². The first-order valence-electron chi connectivity index (χ1n) is 11.9. The number of hydroxylamine groups is 1. The predicted molar refractivity (Wildman–Crippen MR) is 138 cm³/mol. The van der Waals surface area contributed by atoms with Gasteiger partial charge in [-0.25, -0.2) is 17.9 Å². The fourth-order valence-electron chi connectivity index (χ4n) is 4.03. The van der Waals surface area contributed by atoms with Gasteiger partial charge in [0.1, 0.15) is 6.04 Å². The van der Waals surface area contributed by atoms with Crippen LogP contribution in [0.15, 0.2) is 72.4 Å². The van der Waals surface area contributed by atoms with Gasteiger partial charge in [0.05, 0.1) is 23.9 Å². The number of aliphatic carboxylic acids is 2. The molecule has 12 heteroatoms. The van der Waals surface area contributed by atoms with E-state index in [-0.39, 0.29) is 23.8 Å². The maximum Gasteiger partial charge on any atom is 0.326 e. The second kappa shape index (κ2) is 12.2. The molecule has 11 nitrogen and oxygen atoms in total. The van der Waals surface area contributed by atoms with Gasteiger partial charge in [0.15, 0.2) is 5.60 Å². The molecule has 0 saturated carbocycles. The fraction of sp³-hybridized carbons (Fsp3) is 0.346. The molecule has 0 bridgehead atoms. The number of carboxylic acid groups (broad SMARTS) is 2. The Bertz CT molecular complexity index is 1280. The lowest BCUT2D eigenvalue weighted by Gasteiger charge is -2.26. The van der Waals surface area contributed by atoms with Crippen LogP contribution in [-0.4, -0.2) is 54.2 Å². The van der Waals surface area contributed by atoms with Gasteiger partial charge in [0, 0.05) is 6.42 Å². The number of amides is 1. The monoisotopic (exact) mass is 545 g/mol. The van der Waals surface area contributed by atoms with E-state index in [0.717, 1.165) is 0 Å². The summed E-state index contributed by atoms with van der Waals surface area (Å²) in [5, 5.41) is 20.7. The maximum atomic E-state index is 13.4. The van der Waals surface area contributed by atoms with Crippen molar-refractivity contribution < 1.29 is 37.9 Å². The van der Waals surface area contributed by atoms with Crippen molar-refractivity contribution in [1.29, 1.82) is 0 Å². The molecule has 38 heavy (non-hydrogen) atoms. The van der Waals surface area contributed by atoms with Crippen LogP contribution in [0.4, 0.5) is 0 Å². The lowest BCUT2D eigenvalue weighted by Crippen LogP contribution is -2.54. The molecule has 3 rings (SSSR count). The van der Waals surface area contributed by atoms with Crippen LogP contribution < -0.4 is 15.5 Å². The van der Waals surface area contributed by atoms with E-state index < -0.39 is 52.0 Å². The number of rotatable bonds is 13. The summed E-state index contributed by atoms with van der Waals surface area (Å²) in [5.74, 6) is -4.32. The van der Waals surface area contributed by atoms with Crippen LogP contribution in [0.3, 0.4) is 0 Å². The van der Waals surface area contributed by atoms with Crippen LogP contribution in [0, 0.1) is 5.92 Å². The molecule has 5 N–H and O–H groups in total. The smallest absolute Gasteiger partial charge is 0.326 e. The molecule has 3 atom stereocenters. The van der Waals surface area contributed by atoms with E-state index >= 15 is 0 Å². The van der Waals surface area contributed by atoms with E-state index in [4.69, 9.17) is 9.94 Å². The van der Waals surface area contributed by atoms with E-state index in [1.54, 1.807) is 74.5 Å². The zero-order chi connectivity index (χ0) is 27.9. The van der Waals surface area contributed by atoms with Crippen molar-refractivity contribution in [2.45, 2.75) is 50.1 Å². The van der Waals surface area contributed by atoms with E-state index in [2.05, 4.69) is 15.5 Å². The third-order valence-corrected chi connectivity index (χ3v) is 7.25. The summed E-state index contributed by atoms with van der Waals surface area (Å²) in [6, 6.07) is 15.0. The van der Waals surface area contributed by atoms with Crippen molar-refractivity contribution in [3.63, 3.8) is 0 Å². The Morgan fingerprint density at radius 3 is 2.08 bits per heavy atom. The van der Waals surface area contributed by atoms with Crippen LogP contribution in [0.5, 0.6) is 0 Å². The van der Waals surface area contributed by atoms with Crippen molar-refractivity contribution in [2.24, 2.45) is 5.92 Å². The highest BCUT2D eigenvalue weighted by Crippen LogP contribution is 2.29. The second-order valence-corrected chi connectivity index (χ2v) is 11.2. The molecule has 1 amide bonds. The summed E-state index contributed by atoms with van der Waals surface area (Å²) in [4.78, 5) is 41.9. The number of hydrogen-bond donors (Lipinski definition) is 5. The van der Waals surface area contributed by atoms with Crippen LogP contribution in [0.25, 0.3) is 0 Å². The molecule has 1 aliphatic heterocycles. The van der Waals surface area contributed by atoms with Gasteiger partial charge >= 0.3 is 11.9 Å². The summed E-state index contributed by atoms with van der Waals surface area (Å²) in [6.07, 6.45) is 0.558. The molecule has 2 aromatic carbocycles. The molecule has 1 unspecified atom stereocenters. The second-order valence-electron chi connectivity index (χ2n) is 9.40. The minimum absolute atomic E-state index is 0.0306. The van der Waals surface area contributed by atoms with Gasteiger partial charge in [-0.3, -0.25) is 19.9 Å². The molecule has 1 heterocycles. The summed E-state index contributed by atoms with van der Waals surface area (Å²) in [5.41, 5.74) is 2.44. The minimum atomic E-state index is -3.81. The third-order valence-electron chi connectivity index (χ3n) is 5.92. The summed E-state index contributed by atoms with van der Waals surface area (Å²) >= 11 is 0. The molecular weight excluding hydrogens is 514 g/mol. The van der Waals surface area contributed by atoms with E-state index in [9.17, 15) is 27.9 Å². The number of nitrogens with one attached hydrogen (secondary N) is 3. The Labute approximate surface area is 220 Å². The van der Waals surface area contributed by atoms with Gasteiger partial charge in [-0.05, 0) is 23.1 Å². The van der Waals surface area contributed by atoms with Gasteiger partial charge in [0.2, 0.25) is 10.0 Å². The normalized spacial score (nSPS) is 18.8. The van der Waals surface area contributed by atoms with Crippen molar-refractivity contribution in [3.05, 3.63) is 83.6 Å². The number of carboxylic acids is 2. The summed E-state index contributed by atoms with van der Waals surface area (Å²) in [7, 11) is -3.81. The molecule has 0 saturated heterocycles. The van der Waals surface area contributed by atoms with E-state index in [0.29, 0.717) is 11.1 Å². The first-order chi connectivity index (χ1) is 17.9. The first-order valence-corrected chi connectivity index (χ1v) is 13.6. The minimum Gasteiger partial charge on any atom is -0.481 e. The number of benzene rings is 2. The standard InChI is InChI=1S/C26H31N3O8S/c1-17(2)23(29-38(35,36)16-19-11-7-4-8-12-19)21-15-26(37-28-21,14-18-9-5-3-6-10-18)25(34)27-20(24(32)33)13-22(30)31/h3-12,15,17,20,23,28-29H,13-14,16H2,1-2H3,(H,27,34)(H,30,31)(H,32,33)/t20-,23-,26?/m0/s1. The fourth-order valence-corrected chi connectivity index (χ4v) is 5.53. The highest BCUT2D eigenvalue weighted by molar-refractivity contribution is 7.88. The number of carbonyl (C=O) groups excluding carboxylic acids is 1. The lowest BCUT2D eigenvalue weighted by molar-refractivity contribution is -0.152. The predicted octanol–water partition coefficient (Wildman–Crippen LogP) is 1.57. The quantitative estimate of drug-likeness (QED) is 0.251. The van der Waals surface area contributed by atoms with Gasteiger partial charge in [-0.2, -0.15) is 0 Å². The van der Waals surface area contributed by atoms with Gasteiger partial charge in [-0.15, -0.1) is 0 Å². The SMILES string of the molecule is CC(C)[C@H](NS(=O)(=O)Cc1ccccc1)C1=CC(Cc2ccccc2)(C(=O)N[C@@H](CC(=O)O)C(=O)O)ON1. The third kappa shape index (κ3) is 7.63. The molecule has 0 aromatic heterocycles. The van der Waals surface area contributed by atoms with Gasteiger partial charge in [0.25, 0.3) is 5.91 Å². The Morgan fingerprint density at radius 1 is 0.974 bits per heavy atom. The highest BCUT2D eigenvalue weighted by atomic mass is 32.2. The molecular formula is C26H31N3O8S. The molecule has 0 aliphatic carbocycles. The first kappa shape index (κ1) is 28.8. The Kier molecular flexibility index (Phi) is 9.26. The van der Waals surface area contributed by atoms with Gasteiger partial charge in [-0.1, -0.05) is 74.5 Å². The average molecular weight is 546 g/mol. The van der Waals surface area contributed by atoms with Crippen molar-refractivity contribution in [3.8, 4) is 0 Å². The average Bonchev–Trinajstić information content (AvgIpc) is 3.27. The van der Waals surface area contributed by atoms with Crippen LogP contribution in [-0.2, 0) is 41.4 Å². The van der Waals surface area contributed by atoms with Crippen molar-refractivity contribution >= 4 is 27.9 Å². The lowest BCUT2D eigenvalue weighted by atomic mass is 9.90. The van der Waals surface area contributed by atoms with E-state index in [1.807, 2.05) is 0 Å². The largest absolute Gasteiger partial charge is 0.481 e. The molecule has 0 fully saturated rings. The van der Waals surface area contributed by atoms with Crippen molar-refractivity contribution in [1.82, 2.24) is 15.5 Å². The maximum absolute atomic E-state index is 13.4. The Morgan fingerprint density at radius 2 is 1.55 bits per heavy atom. The van der Waals surface area contributed by atoms with Crippen LogP contribution >= 0.6 is 0 Å². The molecule has 1 aliphatic rings. The molecule has 204 valence electrons. The van der Waals surface area contributed by atoms with E-state index in [1.165, 1.54) is 6.08 Å². The van der Waals surface area contributed by atoms with Gasteiger partial charge < -0.3 is 15.5 Å². The zero-order valence-electron chi connectivity index (χ0n) is 21.0. The summed E-state index contributed by atoms with van der Waals surface area (Å²) < 4.78 is 28.6. The molecule has 2 aromatic rings. The van der Waals surface area contributed by atoms with Crippen LogP contribution in [0.1, 0.15) is 31.4 Å². The Balaban J connectivity index is 1.93. The molecule has 0 radical (unpaired) electrons. The zero-order valence-corrected chi connectivity index (χ0v) is 21.8. The topological polar surface area (TPSA) is 171 Å². The van der Waals surface area contributed by atoms with Crippen LogP contribution in [0.2, 0.25) is 0 Å². The number of sulfonamides is 1. The number of hydrogen-bond acceptors (Lipinski definition) is 7. The summed E-state index contributed by atoms with van der Waals surface area (Å²) in [6.45, 7) is 3.59.